The highest BCUT2D eigenvalue weighted by Gasteiger charge is 2.36. The molecule has 2 aliphatic rings. The molecule has 158 valence electrons. The molecule has 2 aromatic carbocycles. The van der Waals surface area contributed by atoms with Gasteiger partial charge in [0.25, 0.3) is 0 Å². The molecular weight excluding hydrogens is 380 g/mol. The van der Waals surface area contributed by atoms with Crippen LogP contribution in [0.5, 0.6) is 5.75 Å². The Morgan fingerprint density at radius 1 is 1.00 bits per heavy atom. The molecule has 4 rings (SSSR count). The Morgan fingerprint density at radius 2 is 1.76 bits per heavy atom. The van der Waals surface area contributed by atoms with E-state index in [1.807, 2.05) is 6.07 Å². The summed E-state index contributed by atoms with van der Waals surface area (Å²) in [6.45, 7) is -0.894. The van der Waals surface area contributed by atoms with Gasteiger partial charge in [0.2, 0.25) is 0 Å². The zero-order valence-electron chi connectivity index (χ0n) is 16.8. The van der Waals surface area contributed by atoms with Gasteiger partial charge >= 0.3 is 6.61 Å². The van der Waals surface area contributed by atoms with Gasteiger partial charge in [-0.05, 0) is 78.9 Å². The number of ether oxygens (including phenoxy) is 1. The monoisotopic (exact) mass is 408 g/mol. The number of rotatable bonds is 5. The van der Waals surface area contributed by atoms with Crippen molar-refractivity contribution in [1.29, 1.82) is 0 Å². The van der Waals surface area contributed by atoms with Gasteiger partial charge in [0.15, 0.2) is 11.6 Å². The van der Waals surface area contributed by atoms with E-state index in [1.165, 1.54) is 50.7 Å². The van der Waals surface area contributed by atoms with Gasteiger partial charge in [0, 0.05) is 0 Å². The van der Waals surface area contributed by atoms with E-state index in [1.54, 1.807) is 0 Å². The van der Waals surface area contributed by atoms with Gasteiger partial charge in [0.05, 0.1) is 5.39 Å². The Morgan fingerprint density at radius 3 is 2.52 bits per heavy atom. The second-order valence-electron chi connectivity index (χ2n) is 8.85. The van der Waals surface area contributed by atoms with Crippen molar-refractivity contribution in [1.82, 2.24) is 0 Å². The summed E-state index contributed by atoms with van der Waals surface area (Å²) in [5.41, 5.74) is 0.894. The molecule has 2 saturated carbocycles. The molecule has 0 aromatic heterocycles. The summed E-state index contributed by atoms with van der Waals surface area (Å²) in [5.74, 6) is 0.228. The van der Waals surface area contributed by atoms with Gasteiger partial charge in [0.1, 0.15) is 5.82 Å². The maximum absolute atomic E-state index is 14.8. The molecule has 0 bridgehead atoms. The maximum atomic E-state index is 14.8. The van der Waals surface area contributed by atoms with Crippen LogP contribution in [-0.2, 0) is 0 Å². The molecule has 0 radical (unpaired) electrons. The normalized spacial score (nSPS) is 27.2. The van der Waals surface area contributed by atoms with Gasteiger partial charge < -0.3 is 4.74 Å². The van der Waals surface area contributed by atoms with E-state index in [0.717, 1.165) is 36.3 Å². The van der Waals surface area contributed by atoms with Crippen molar-refractivity contribution in [2.75, 3.05) is 0 Å². The van der Waals surface area contributed by atoms with Gasteiger partial charge in [-0.25, -0.2) is 8.78 Å². The van der Waals surface area contributed by atoms with E-state index < -0.39 is 24.0 Å². The highest BCUT2D eigenvalue weighted by Crippen LogP contribution is 2.48. The van der Waals surface area contributed by atoms with Crippen LogP contribution in [0.15, 0.2) is 24.3 Å². The third-order valence-electron chi connectivity index (χ3n) is 7.10. The summed E-state index contributed by atoms with van der Waals surface area (Å²) in [7, 11) is 0. The molecule has 4 atom stereocenters. The van der Waals surface area contributed by atoms with E-state index in [9.17, 15) is 17.6 Å². The van der Waals surface area contributed by atoms with Gasteiger partial charge in [-0.15, -0.1) is 0 Å². The lowest BCUT2D eigenvalue weighted by atomic mass is 9.63. The average molecular weight is 408 g/mol. The van der Waals surface area contributed by atoms with Crippen LogP contribution in [0.25, 0.3) is 10.8 Å². The number of hydrogen-bond donors (Lipinski definition) is 0. The van der Waals surface area contributed by atoms with Crippen LogP contribution in [0.2, 0.25) is 0 Å². The van der Waals surface area contributed by atoms with Crippen molar-refractivity contribution in [3.63, 3.8) is 0 Å². The number of hydrogen-bond acceptors (Lipinski definition) is 1. The summed E-state index contributed by atoms with van der Waals surface area (Å²) >= 11 is 0. The molecule has 0 N–H and O–H groups in total. The van der Waals surface area contributed by atoms with E-state index in [-0.39, 0.29) is 11.3 Å². The first-order valence-corrected chi connectivity index (χ1v) is 10.8. The Balaban J connectivity index is 1.55. The van der Waals surface area contributed by atoms with Crippen LogP contribution >= 0.6 is 0 Å². The molecule has 2 aliphatic carbocycles. The third kappa shape index (κ3) is 4.24. The number of alkyl halides is 2. The Kier molecular flexibility index (Phi) is 6.03. The first kappa shape index (κ1) is 20.5. The minimum absolute atomic E-state index is 0.276. The maximum Gasteiger partial charge on any atom is 0.387 e. The molecule has 0 saturated heterocycles. The van der Waals surface area contributed by atoms with Crippen molar-refractivity contribution < 1.29 is 22.3 Å². The van der Waals surface area contributed by atoms with E-state index in [4.69, 9.17) is 0 Å². The standard InChI is InChI=1S/C24H28F4O/c1-2-3-14-4-5-16-11-17(7-6-15(16)10-14)19-12-18-8-9-21(29-24(27)28)23(26)22(18)20(25)13-19/h8-9,12-17,24H,2-7,10-11H2,1H3. The lowest BCUT2D eigenvalue weighted by molar-refractivity contribution is -0.0520. The van der Waals surface area contributed by atoms with Crippen molar-refractivity contribution in [2.45, 2.75) is 70.8 Å². The zero-order valence-corrected chi connectivity index (χ0v) is 16.8. The zero-order chi connectivity index (χ0) is 20.5. The quantitative estimate of drug-likeness (QED) is 0.458. The highest BCUT2D eigenvalue weighted by molar-refractivity contribution is 5.86. The van der Waals surface area contributed by atoms with Crippen LogP contribution in [0.1, 0.15) is 69.8 Å². The van der Waals surface area contributed by atoms with Crippen LogP contribution in [-0.4, -0.2) is 6.61 Å². The third-order valence-corrected chi connectivity index (χ3v) is 7.10. The summed E-state index contributed by atoms with van der Waals surface area (Å²) in [6.07, 6.45) is 9.72. The highest BCUT2D eigenvalue weighted by atomic mass is 19.3. The van der Waals surface area contributed by atoms with Crippen LogP contribution in [0.4, 0.5) is 17.6 Å². The van der Waals surface area contributed by atoms with Gasteiger partial charge in [-0.1, -0.05) is 38.3 Å². The van der Waals surface area contributed by atoms with Crippen molar-refractivity contribution in [2.24, 2.45) is 17.8 Å². The molecule has 0 aliphatic heterocycles. The fraction of sp³-hybridized carbons (Fsp3) is 0.583. The molecule has 1 nitrogen and oxygen atoms in total. The second kappa shape index (κ2) is 8.53. The topological polar surface area (TPSA) is 9.23 Å². The van der Waals surface area contributed by atoms with Crippen LogP contribution in [0.3, 0.4) is 0 Å². The smallest absolute Gasteiger partial charge is 0.387 e. The molecule has 4 unspecified atom stereocenters. The molecular formula is C24H28F4O. The summed E-state index contributed by atoms with van der Waals surface area (Å²) in [4.78, 5) is 0. The van der Waals surface area contributed by atoms with Crippen molar-refractivity contribution in [3.05, 3.63) is 41.5 Å². The molecule has 5 heteroatoms. The van der Waals surface area contributed by atoms with Crippen LogP contribution < -0.4 is 4.74 Å². The Bertz CT molecular complexity index is 866. The Labute approximate surface area is 169 Å². The first-order valence-electron chi connectivity index (χ1n) is 10.8. The SMILES string of the molecule is CCCC1CCC2CC(c3cc(F)c4c(F)c(OC(F)F)ccc4c3)CCC2C1. The van der Waals surface area contributed by atoms with E-state index in [2.05, 4.69) is 11.7 Å². The molecule has 2 aromatic rings. The summed E-state index contributed by atoms with van der Waals surface area (Å²) < 4.78 is 58.3. The second-order valence-corrected chi connectivity index (χ2v) is 8.85. The molecule has 29 heavy (non-hydrogen) atoms. The molecule has 0 amide bonds. The number of fused-ring (bicyclic) bond motifs is 2. The Hall–Kier alpha value is -1.78. The minimum Gasteiger partial charge on any atom is -0.432 e. The lowest BCUT2D eigenvalue weighted by Crippen LogP contribution is -2.30. The molecule has 2 fully saturated rings. The van der Waals surface area contributed by atoms with E-state index in [0.29, 0.717) is 11.3 Å². The van der Waals surface area contributed by atoms with Gasteiger partial charge in [-0.3, -0.25) is 0 Å². The van der Waals surface area contributed by atoms with Crippen molar-refractivity contribution in [3.8, 4) is 5.75 Å². The lowest BCUT2D eigenvalue weighted by Gasteiger charge is -2.42. The van der Waals surface area contributed by atoms with Crippen LogP contribution in [0, 0.1) is 29.4 Å². The fourth-order valence-corrected chi connectivity index (χ4v) is 5.76. The van der Waals surface area contributed by atoms with Crippen molar-refractivity contribution >= 4 is 10.8 Å². The average Bonchev–Trinajstić information content (AvgIpc) is 2.69. The molecule has 0 spiro atoms. The number of benzene rings is 2. The predicted octanol–water partition coefficient (Wildman–Crippen LogP) is 7.82. The molecule has 0 heterocycles. The van der Waals surface area contributed by atoms with Gasteiger partial charge in [-0.2, -0.15) is 8.78 Å². The largest absolute Gasteiger partial charge is 0.432 e. The fourth-order valence-electron chi connectivity index (χ4n) is 5.76. The summed E-state index contributed by atoms with van der Waals surface area (Å²) in [6, 6.07) is 5.83. The first-order chi connectivity index (χ1) is 14.0. The summed E-state index contributed by atoms with van der Waals surface area (Å²) in [5, 5.41) is 0.119. The number of halogens is 4. The van der Waals surface area contributed by atoms with E-state index >= 15 is 0 Å². The predicted molar refractivity (Wildman–Crippen MR) is 106 cm³/mol. The minimum atomic E-state index is -3.15.